The summed E-state index contributed by atoms with van der Waals surface area (Å²) >= 11 is 0. The van der Waals surface area contributed by atoms with Crippen LogP contribution in [0.4, 0.5) is 0 Å². The number of aliphatic imine (C=N–C) groups is 1. The SMILES string of the molecule is COC1(CN=C(NCCCN2CCOCC2)NCCc2ccco2)CCOCC1. The third-order valence-corrected chi connectivity index (χ3v) is 5.65. The van der Waals surface area contributed by atoms with Crippen molar-refractivity contribution in [3.05, 3.63) is 24.2 Å². The summed E-state index contributed by atoms with van der Waals surface area (Å²) in [7, 11) is 1.78. The smallest absolute Gasteiger partial charge is 0.191 e. The number of nitrogens with one attached hydrogen (secondary N) is 2. The first-order chi connectivity index (χ1) is 14.3. The number of methoxy groups -OCH3 is 1. The Morgan fingerprint density at radius 2 is 1.90 bits per heavy atom. The van der Waals surface area contributed by atoms with Gasteiger partial charge in [0.2, 0.25) is 0 Å². The molecule has 3 heterocycles. The molecule has 0 bridgehead atoms. The van der Waals surface area contributed by atoms with Crippen molar-refractivity contribution in [3.63, 3.8) is 0 Å². The number of nitrogens with zero attached hydrogens (tertiary/aromatic N) is 2. The second-order valence-electron chi connectivity index (χ2n) is 7.65. The lowest BCUT2D eigenvalue weighted by Crippen LogP contribution is -2.44. The van der Waals surface area contributed by atoms with Crippen LogP contribution in [0.25, 0.3) is 0 Å². The number of hydrogen-bond acceptors (Lipinski definition) is 6. The third-order valence-electron chi connectivity index (χ3n) is 5.65. The molecule has 0 unspecified atom stereocenters. The van der Waals surface area contributed by atoms with Crippen molar-refractivity contribution in [2.24, 2.45) is 4.99 Å². The van der Waals surface area contributed by atoms with E-state index in [9.17, 15) is 0 Å². The van der Waals surface area contributed by atoms with Crippen LogP contribution in [0.5, 0.6) is 0 Å². The van der Waals surface area contributed by atoms with Crippen LogP contribution in [0.1, 0.15) is 25.0 Å². The molecule has 0 aromatic carbocycles. The van der Waals surface area contributed by atoms with Gasteiger partial charge in [-0.2, -0.15) is 0 Å². The minimum Gasteiger partial charge on any atom is -0.469 e. The van der Waals surface area contributed by atoms with E-state index in [4.69, 9.17) is 23.6 Å². The minimum absolute atomic E-state index is 0.221. The summed E-state index contributed by atoms with van der Waals surface area (Å²) < 4.78 is 22.1. The molecule has 1 aromatic rings. The van der Waals surface area contributed by atoms with Crippen LogP contribution in [-0.4, -0.2) is 89.3 Å². The number of morpholine rings is 1. The average Bonchev–Trinajstić information content (AvgIpc) is 3.29. The molecule has 2 aliphatic heterocycles. The van der Waals surface area contributed by atoms with Gasteiger partial charge in [-0.3, -0.25) is 9.89 Å². The number of guanidine groups is 1. The number of hydrogen-bond donors (Lipinski definition) is 2. The molecule has 0 aliphatic carbocycles. The van der Waals surface area contributed by atoms with Gasteiger partial charge in [0.1, 0.15) is 5.76 Å². The Bertz CT molecular complexity index is 582. The van der Waals surface area contributed by atoms with Gasteiger partial charge in [-0.1, -0.05) is 0 Å². The van der Waals surface area contributed by atoms with E-state index in [1.54, 1.807) is 13.4 Å². The van der Waals surface area contributed by atoms with Crippen molar-refractivity contribution in [3.8, 4) is 0 Å². The van der Waals surface area contributed by atoms with Crippen LogP contribution < -0.4 is 10.6 Å². The molecule has 1 aromatic heterocycles. The lowest BCUT2D eigenvalue weighted by Gasteiger charge is -2.34. The molecule has 0 spiro atoms. The fraction of sp³-hybridized carbons (Fsp3) is 0.762. The van der Waals surface area contributed by atoms with E-state index >= 15 is 0 Å². The van der Waals surface area contributed by atoms with Gasteiger partial charge in [-0.05, 0) is 25.1 Å². The van der Waals surface area contributed by atoms with Gasteiger partial charge in [0.05, 0.1) is 31.6 Å². The van der Waals surface area contributed by atoms with E-state index in [1.165, 1.54) is 0 Å². The Labute approximate surface area is 174 Å². The molecule has 2 aliphatic rings. The van der Waals surface area contributed by atoms with E-state index < -0.39 is 0 Å². The Morgan fingerprint density at radius 3 is 2.62 bits per heavy atom. The highest BCUT2D eigenvalue weighted by Gasteiger charge is 2.32. The van der Waals surface area contributed by atoms with Gasteiger partial charge in [0, 0.05) is 65.8 Å². The third kappa shape index (κ3) is 7.62. The van der Waals surface area contributed by atoms with E-state index in [0.717, 1.165) is 96.6 Å². The molecule has 8 heteroatoms. The highest BCUT2D eigenvalue weighted by atomic mass is 16.5. The molecule has 29 heavy (non-hydrogen) atoms. The molecular weight excluding hydrogens is 372 g/mol. The Hall–Kier alpha value is -1.61. The van der Waals surface area contributed by atoms with Gasteiger partial charge in [0.15, 0.2) is 5.96 Å². The second-order valence-corrected chi connectivity index (χ2v) is 7.65. The minimum atomic E-state index is -0.221. The van der Waals surface area contributed by atoms with Crippen LogP contribution in [0, 0.1) is 0 Å². The fourth-order valence-corrected chi connectivity index (χ4v) is 3.66. The Balaban J connectivity index is 1.47. The molecule has 0 atom stereocenters. The number of ether oxygens (including phenoxy) is 3. The summed E-state index contributed by atoms with van der Waals surface area (Å²) in [5.74, 6) is 1.81. The zero-order valence-corrected chi connectivity index (χ0v) is 17.7. The standard InChI is InChI=1S/C21H36N4O4/c1-26-21(6-14-27-15-7-21)18-24-20(23-9-5-19-4-2-13-29-19)22-8-3-10-25-11-16-28-17-12-25/h2,4,13H,3,5-12,14-18H2,1H3,(H2,22,23,24). The van der Waals surface area contributed by atoms with Crippen molar-refractivity contribution in [1.82, 2.24) is 15.5 Å². The van der Waals surface area contributed by atoms with Crippen molar-refractivity contribution in [1.29, 1.82) is 0 Å². The highest BCUT2D eigenvalue weighted by molar-refractivity contribution is 5.79. The molecule has 164 valence electrons. The van der Waals surface area contributed by atoms with Gasteiger partial charge >= 0.3 is 0 Å². The summed E-state index contributed by atoms with van der Waals surface area (Å²) in [5, 5.41) is 6.92. The molecule has 0 saturated carbocycles. The lowest BCUT2D eigenvalue weighted by molar-refractivity contribution is -0.0828. The molecule has 2 N–H and O–H groups in total. The number of rotatable bonds is 10. The van der Waals surface area contributed by atoms with Crippen LogP contribution in [0.15, 0.2) is 27.8 Å². The molecule has 0 radical (unpaired) electrons. The second kappa shape index (κ2) is 12.2. The van der Waals surface area contributed by atoms with Crippen LogP contribution in [0.2, 0.25) is 0 Å². The summed E-state index contributed by atoms with van der Waals surface area (Å²) in [6, 6.07) is 3.91. The van der Waals surface area contributed by atoms with Gasteiger partial charge < -0.3 is 29.3 Å². The molecule has 3 rings (SSSR count). The van der Waals surface area contributed by atoms with E-state index in [2.05, 4.69) is 15.5 Å². The summed E-state index contributed by atoms with van der Waals surface area (Å²) in [6.07, 6.45) is 5.36. The number of furan rings is 1. The van der Waals surface area contributed by atoms with Crippen molar-refractivity contribution >= 4 is 5.96 Å². The average molecular weight is 409 g/mol. The molecule has 0 amide bonds. The molecule has 2 saturated heterocycles. The predicted octanol–water partition coefficient (Wildman–Crippen LogP) is 1.28. The van der Waals surface area contributed by atoms with Crippen molar-refractivity contribution in [2.75, 3.05) is 72.8 Å². The van der Waals surface area contributed by atoms with Crippen LogP contribution in [0.3, 0.4) is 0 Å². The Morgan fingerprint density at radius 1 is 1.14 bits per heavy atom. The highest BCUT2D eigenvalue weighted by Crippen LogP contribution is 2.24. The predicted molar refractivity (Wildman–Crippen MR) is 112 cm³/mol. The summed E-state index contributed by atoms with van der Waals surface area (Å²) in [4.78, 5) is 7.30. The Kier molecular flexibility index (Phi) is 9.27. The first-order valence-electron chi connectivity index (χ1n) is 10.8. The van der Waals surface area contributed by atoms with E-state index in [0.29, 0.717) is 6.54 Å². The molecular formula is C21H36N4O4. The molecule has 2 fully saturated rings. The fourth-order valence-electron chi connectivity index (χ4n) is 3.66. The zero-order chi connectivity index (χ0) is 20.2. The maximum atomic E-state index is 5.82. The zero-order valence-electron chi connectivity index (χ0n) is 17.7. The van der Waals surface area contributed by atoms with Gasteiger partial charge in [-0.15, -0.1) is 0 Å². The quantitative estimate of drug-likeness (QED) is 0.343. The summed E-state index contributed by atoms with van der Waals surface area (Å²) in [5.41, 5.74) is -0.221. The van der Waals surface area contributed by atoms with Gasteiger partial charge in [-0.25, -0.2) is 0 Å². The maximum Gasteiger partial charge on any atom is 0.191 e. The lowest BCUT2D eigenvalue weighted by atomic mass is 9.94. The normalized spacial score (nSPS) is 20.5. The largest absolute Gasteiger partial charge is 0.469 e. The van der Waals surface area contributed by atoms with Crippen LogP contribution >= 0.6 is 0 Å². The monoisotopic (exact) mass is 408 g/mol. The topological polar surface area (TPSA) is 80.5 Å². The summed E-state index contributed by atoms with van der Waals surface area (Å²) in [6.45, 7) is 8.58. The van der Waals surface area contributed by atoms with E-state index in [-0.39, 0.29) is 5.60 Å². The first kappa shape index (κ1) is 22.1. The van der Waals surface area contributed by atoms with Gasteiger partial charge in [0.25, 0.3) is 0 Å². The maximum absolute atomic E-state index is 5.82. The van der Waals surface area contributed by atoms with Crippen molar-refractivity contribution in [2.45, 2.75) is 31.3 Å². The van der Waals surface area contributed by atoms with E-state index in [1.807, 2.05) is 12.1 Å². The van der Waals surface area contributed by atoms with Crippen LogP contribution in [-0.2, 0) is 20.6 Å². The molecule has 8 nitrogen and oxygen atoms in total. The first-order valence-corrected chi connectivity index (χ1v) is 10.8. The van der Waals surface area contributed by atoms with Crippen molar-refractivity contribution < 1.29 is 18.6 Å².